The molecule has 0 aromatic heterocycles. The van der Waals surface area contributed by atoms with Gasteiger partial charge < -0.3 is 20.1 Å². The molecule has 1 aromatic rings. The third-order valence-electron chi connectivity index (χ3n) is 5.14. The van der Waals surface area contributed by atoms with Gasteiger partial charge in [0.2, 0.25) is 5.92 Å². The highest BCUT2D eigenvalue weighted by Crippen LogP contribution is 2.36. The SMILES string of the molecule is [B]C([B])(O)N(CCC(O)c1ccc(F)c(OCC2CCC(F)(F)CC2)c1)C([B])([B])O. The van der Waals surface area contributed by atoms with Crippen LogP contribution in [0.25, 0.3) is 0 Å². The molecule has 1 aromatic carbocycles. The molecule has 0 aliphatic heterocycles. The summed E-state index contributed by atoms with van der Waals surface area (Å²) in [7, 11) is 21.2. The zero-order valence-corrected chi connectivity index (χ0v) is 16.5. The minimum Gasteiger partial charge on any atom is -0.490 e. The van der Waals surface area contributed by atoms with Crippen LogP contribution in [-0.2, 0) is 0 Å². The summed E-state index contributed by atoms with van der Waals surface area (Å²) in [6.45, 7) is -0.223. The van der Waals surface area contributed by atoms with Crippen LogP contribution in [0.15, 0.2) is 18.2 Å². The number of alkyl halides is 2. The number of hydrogen-bond donors (Lipinski definition) is 3. The van der Waals surface area contributed by atoms with Gasteiger partial charge in [-0.05, 0) is 42.9 Å². The number of rotatable bonds is 9. The lowest BCUT2D eigenvalue weighted by Crippen LogP contribution is -2.63. The summed E-state index contributed by atoms with van der Waals surface area (Å²) >= 11 is 0. The van der Waals surface area contributed by atoms with Crippen molar-refractivity contribution in [3.05, 3.63) is 29.6 Å². The topological polar surface area (TPSA) is 73.2 Å². The quantitative estimate of drug-likeness (QED) is 0.407. The van der Waals surface area contributed by atoms with Crippen LogP contribution in [0.1, 0.15) is 43.8 Å². The van der Waals surface area contributed by atoms with E-state index in [2.05, 4.69) is 0 Å². The summed E-state index contributed by atoms with van der Waals surface area (Å²) in [6, 6.07) is 3.72. The molecule has 1 atom stereocenters. The van der Waals surface area contributed by atoms with Crippen molar-refractivity contribution in [1.82, 2.24) is 4.90 Å². The second-order valence-corrected chi connectivity index (χ2v) is 7.82. The molecule has 5 nitrogen and oxygen atoms in total. The van der Waals surface area contributed by atoms with Crippen molar-refractivity contribution in [3.8, 4) is 5.75 Å². The molecule has 0 saturated heterocycles. The number of hydrogen-bond acceptors (Lipinski definition) is 5. The van der Waals surface area contributed by atoms with Crippen LogP contribution < -0.4 is 4.74 Å². The predicted molar refractivity (Wildman–Crippen MR) is 108 cm³/mol. The molecule has 2 rings (SSSR count). The van der Waals surface area contributed by atoms with Gasteiger partial charge in [-0.15, -0.1) is 0 Å². The molecule has 3 N–H and O–H groups in total. The maximum atomic E-state index is 14.1. The van der Waals surface area contributed by atoms with E-state index in [9.17, 15) is 28.5 Å². The molecular weight excluding hydrogens is 394 g/mol. The zero-order valence-electron chi connectivity index (χ0n) is 16.5. The van der Waals surface area contributed by atoms with Gasteiger partial charge in [0.25, 0.3) is 0 Å². The highest BCUT2D eigenvalue weighted by Gasteiger charge is 2.35. The normalized spacial score (nSPS) is 19.0. The van der Waals surface area contributed by atoms with E-state index in [1.54, 1.807) is 0 Å². The van der Waals surface area contributed by atoms with Crippen molar-refractivity contribution in [3.63, 3.8) is 0 Å². The Hall–Kier alpha value is -1.09. The molecule has 0 bridgehead atoms. The van der Waals surface area contributed by atoms with Crippen molar-refractivity contribution in [2.45, 2.75) is 55.2 Å². The fourth-order valence-electron chi connectivity index (χ4n) is 3.38. The summed E-state index contributed by atoms with van der Waals surface area (Å²) in [5, 5.41) is 29.7. The first-order valence-electron chi connectivity index (χ1n) is 9.55. The van der Waals surface area contributed by atoms with Gasteiger partial charge in [0.1, 0.15) is 31.4 Å². The van der Waals surface area contributed by atoms with E-state index in [0.717, 1.165) is 6.07 Å². The second kappa shape index (κ2) is 9.59. The number of benzene rings is 1. The van der Waals surface area contributed by atoms with Crippen molar-refractivity contribution >= 4 is 31.4 Å². The maximum absolute atomic E-state index is 14.1. The molecule has 1 unspecified atom stereocenters. The molecule has 12 heteroatoms. The average Bonchev–Trinajstić information content (AvgIpc) is 2.59. The van der Waals surface area contributed by atoms with E-state index in [1.165, 1.54) is 12.1 Å². The smallest absolute Gasteiger partial charge is 0.248 e. The summed E-state index contributed by atoms with van der Waals surface area (Å²) in [4.78, 5) is 0.559. The van der Waals surface area contributed by atoms with Crippen LogP contribution in [0.5, 0.6) is 5.75 Å². The lowest BCUT2D eigenvalue weighted by Gasteiger charge is -2.45. The minimum atomic E-state index is -2.65. The van der Waals surface area contributed by atoms with Gasteiger partial charge in [0.05, 0.1) is 12.7 Å². The standard InChI is InChI=1S/C18H22B4F3NO4/c19-17(20,28)26(18(21,22)29)8-5-14(27)12-1-2-13(23)15(9-12)30-10-11-3-6-16(24,25)7-4-11/h1-2,9,11,14,27-29H,3-8,10H2. The summed E-state index contributed by atoms with van der Waals surface area (Å²) in [5.74, 6) is -3.54. The first-order valence-corrected chi connectivity index (χ1v) is 9.55. The van der Waals surface area contributed by atoms with Crippen LogP contribution in [0, 0.1) is 11.7 Å². The van der Waals surface area contributed by atoms with Crippen molar-refractivity contribution in [2.24, 2.45) is 5.92 Å². The molecule has 8 radical (unpaired) electrons. The first kappa shape index (κ1) is 25.2. The van der Waals surface area contributed by atoms with Gasteiger partial charge in [-0.3, -0.25) is 4.90 Å². The van der Waals surface area contributed by atoms with Gasteiger partial charge in [-0.1, -0.05) is 6.07 Å². The van der Waals surface area contributed by atoms with Gasteiger partial charge in [0, 0.05) is 30.4 Å². The monoisotopic (exact) mass is 417 g/mol. The summed E-state index contributed by atoms with van der Waals surface area (Å²) in [6.07, 6.45) is -1.18. The van der Waals surface area contributed by atoms with Crippen molar-refractivity contribution < 1.29 is 33.2 Å². The van der Waals surface area contributed by atoms with E-state index in [0.29, 0.717) is 4.90 Å². The van der Waals surface area contributed by atoms with E-state index in [4.69, 9.17) is 36.1 Å². The van der Waals surface area contributed by atoms with Gasteiger partial charge >= 0.3 is 0 Å². The number of aliphatic hydroxyl groups is 3. The molecule has 1 fully saturated rings. The summed E-state index contributed by atoms with van der Waals surface area (Å²) < 4.78 is 46.0. The van der Waals surface area contributed by atoms with Crippen LogP contribution in [0.2, 0.25) is 0 Å². The molecule has 0 amide bonds. The molecule has 156 valence electrons. The molecule has 30 heavy (non-hydrogen) atoms. The Morgan fingerprint density at radius 2 is 1.70 bits per heavy atom. The lowest BCUT2D eigenvalue weighted by molar-refractivity contribution is -0.0759. The molecule has 1 aliphatic rings. The van der Waals surface area contributed by atoms with E-state index in [-0.39, 0.29) is 62.5 Å². The predicted octanol–water partition coefficient (Wildman–Crippen LogP) is 0.637. The Labute approximate surface area is 179 Å². The van der Waals surface area contributed by atoms with Crippen LogP contribution in [-0.4, -0.2) is 81.7 Å². The van der Waals surface area contributed by atoms with E-state index in [1.807, 2.05) is 0 Å². The second-order valence-electron chi connectivity index (χ2n) is 7.82. The number of halogens is 3. The van der Waals surface area contributed by atoms with Gasteiger partial charge in [0.15, 0.2) is 11.6 Å². The maximum Gasteiger partial charge on any atom is 0.248 e. The Morgan fingerprint density at radius 3 is 2.23 bits per heavy atom. The lowest BCUT2D eigenvalue weighted by atomic mass is 9.64. The largest absolute Gasteiger partial charge is 0.490 e. The molecule has 0 heterocycles. The van der Waals surface area contributed by atoms with Crippen LogP contribution in [0.3, 0.4) is 0 Å². The van der Waals surface area contributed by atoms with Crippen molar-refractivity contribution in [1.29, 1.82) is 0 Å². The molecule has 1 aliphatic carbocycles. The molecule has 0 spiro atoms. The Bertz CT molecular complexity index is 692. The van der Waals surface area contributed by atoms with Gasteiger partial charge in [-0.25, -0.2) is 13.2 Å². The third-order valence-corrected chi connectivity index (χ3v) is 5.14. The Kier molecular flexibility index (Phi) is 8.05. The highest BCUT2D eigenvalue weighted by molar-refractivity contribution is 6.42. The highest BCUT2D eigenvalue weighted by atomic mass is 19.3. The van der Waals surface area contributed by atoms with Crippen molar-refractivity contribution in [2.75, 3.05) is 13.2 Å². The third kappa shape index (κ3) is 7.25. The van der Waals surface area contributed by atoms with Crippen LogP contribution in [0.4, 0.5) is 13.2 Å². The van der Waals surface area contributed by atoms with E-state index < -0.39 is 28.9 Å². The number of nitrogens with zero attached hydrogens (tertiary/aromatic N) is 1. The first-order chi connectivity index (χ1) is 13.7. The average molecular weight is 417 g/mol. The molecular formula is C18H22B4F3NO4. The van der Waals surface area contributed by atoms with E-state index >= 15 is 0 Å². The van der Waals surface area contributed by atoms with Gasteiger partial charge in [-0.2, -0.15) is 0 Å². The number of aliphatic hydroxyl groups excluding tert-OH is 1. The summed E-state index contributed by atoms with van der Waals surface area (Å²) in [5.41, 5.74) is -4.82. The van der Waals surface area contributed by atoms with Crippen LogP contribution >= 0.6 is 0 Å². The number of ether oxygens (including phenoxy) is 1. The minimum absolute atomic E-state index is 0.0844. The fourth-order valence-corrected chi connectivity index (χ4v) is 3.38. The zero-order chi connectivity index (χ0) is 22.7. The molecule has 1 saturated carbocycles. The Balaban J connectivity index is 1.98. The Morgan fingerprint density at radius 1 is 1.13 bits per heavy atom. The fraction of sp³-hybridized carbons (Fsp3) is 0.667.